The summed E-state index contributed by atoms with van der Waals surface area (Å²) in [6, 6.07) is 7.09. The molecule has 1 heterocycles. The molecule has 1 unspecified atom stereocenters. The molecule has 2 rings (SSSR count). The summed E-state index contributed by atoms with van der Waals surface area (Å²) >= 11 is 0. The van der Waals surface area contributed by atoms with Crippen LogP contribution in [0.15, 0.2) is 42.0 Å². The third-order valence-electron chi connectivity index (χ3n) is 4.72. The highest BCUT2D eigenvalue weighted by molar-refractivity contribution is 6.32. The maximum absolute atomic E-state index is 12.1. The van der Waals surface area contributed by atoms with Gasteiger partial charge in [-0.2, -0.15) is 0 Å². The van der Waals surface area contributed by atoms with Crippen molar-refractivity contribution in [3.63, 3.8) is 0 Å². The quantitative estimate of drug-likeness (QED) is 0.129. The zero-order chi connectivity index (χ0) is 22.5. The van der Waals surface area contributed by atoms with E-state index in [1.54, 1.807) is 45.2 Å². The summed E-state index contributed by atoms with van der Waals surface area (Å²) < 4.78 is 27.1. The molecule has 0 N–H and O–H groups in total. The molecule has 1 saturated heterocycles. The van der Waals surface area contributed by atoms with E-state index >= 15 is 0 Å². The van der Waals surface area contributed by atoms with Gasteiger partial charge in [0.25, 0.3) is 0 Å². The Balaban J connectivity index is 1.99. The van der Waals surface area contributed by atoms with Crippen LogP contribution in [0.2, 0.25) is 0 Å². The summed E-state index contributed by atoms with van der Waals surface area (Å²) in [7, 11) is 0.931. The van der Waals surface area contributed by atoms with E-state index in [-0.39, 0.29) is 24.0 Å². The zero-order valence-corrected chi connectivity index (χ0v) is 20.0. The van der Waals surface area contributed by atoms with Crippen molar-refractivity contribution >= 4 is 27.8 Å². The third-order valence-corrected chi connectivity index (χ3v) is 6.29. The second kappa shape index (κ2) is 13.1. The Morgan fingerprint density at radius 2 is 1.77 bits per heavy atom. The van der Waals surface area contributed by atoms with Gasteiger partial charge in [0.15, 0.2) is 9.76 Å². The second-order valence-electron chi connectivity index (χ2n) is 7.08. The first-order valence-electron chi connectivity index (χ1n) is 10.6. The standard InChI is InChI=1S/C23H32O7Si/c1-4-27-21(24)20(22(25)28-5-2)17-18-9-11-19(12-10-18)29-15-8-14-23(31-26-3)13-6-7-16-30-23/h8-12,14,17H,4-7,13,15-16,31H2,1-3H3. The lowest BCUT2D eigenvalue weighted by Crippen LogP contribution is -2.41. The van der Waals surface area contributed by atoms with Gasteiger partial charge in [-0.25, -0.2) is 9.59 Å². The van der Waals surface area contributed by atoms with Crippen molar-refractivity contribution in [1.29, 1.82) is 0 Å². The Hall–Kier alpha value is -2.42. The number of benzene rings is 1. The molecule has 0 radical (unpaired) electrons. The monoisotopic (exact) mass is 448 g/mol. The number of carbonyl (C=O) groups is 2. The van der Waals surface area contributed by atoms with Crippen molar-refractivity contribution < 1.29 is 33.0 Å². The maximum Gasteiger partial charge on any atom is 0.345 e. The summed E-state index contributed by atoms with van der Waals surface area (Å²) in [5.74, 6) is -0.729. The van der Waals surface area contributed by atoms with Crippen LogP contribution in [0.25, 0.3) is 6.08 Å². The Morgan fingerprint density at radius 1 is 1.10 bits per heavy atom. The molecule has 1 aromatic carbocycles. The van der Waals surface area contributed by atoms with E-state index in [4.69, 9.17) is 23.4 Å². The molecule has 170 valence electrons. The first kappa shape index (κ1) is 24.8. The zero-order valence-electron chi connectivity index (χ0n) is 18.6. The lowest BCUT2D eigenvalue weighted by molar-refractivity contribution is -0.146. The van der Waals surface area contributed by atoms with Crippen LogP contribution in [0.1, 0.15) is 38.7 Å². The smallest absolute Gasteiger partial charge is 0.345 e. The van der Waals surface area contributed by atoms with E-state index in [2.05, 4.69) is 6.08 Å². The predicted octanol–water partition coefficient (Wildman–Crippen LogP) is 2.76. The third kappa shape index (κ3) is 7.97. The summed E-state index contributed by atoms with van der Waals surface area (Å²) in [5, 5.41) is -0.235. The molecule has 0 aliphatic carbocycles. The average Bonchev–Trinajstić information content (AvgIpc) is 2.77. The van der Waals surface area contributed by atoms with Gasteiger partial charge >= 0.3 is 11.9 Å². The van der Waals surface area contributed by atoms with Gasteiger partial charge in [-0.05, 0) is 63.0 Å². The first-order chi connectivity index (χ1) is 15.0. The minimum absolute atomic E-state index is 0.139. The van der Waals surface area contributed by atoms with Gasteiger partial charge in [0.1, 0.15) is 17.9 Å². The molecule has 8 heteroatoms. The van der Waals surface area contributed by atoms with Crippen molar-refractivity contribution in [2.24, 2.45) is 0 Å². The predicted molar refractivity (Wildman–Crippen MR) is 120 cm³/mol. The lowest BCUT2D eigenvalue weighted by atomic mass is 10.1. The number of hydrogen-bond acceptors (Lipinski definition) is 7. The molecule has 0 amide bonds. The average molecular weight is 449 g/mol. The van der Waals surface area contributed by atoms with E-state index in [0.717, 1.165) is 25.9 Å². The van der Waals surface area contributed by atoms with Gasteiger partial charge in [0.2, 0.25) is 0 Å². The molecule has 0 bridgehead atoms. The number of esters is 2. The highest BCUT2D eigenvalue weighted by Gasteiger charge is 2.31. The van der Waals surface area contributed by atoms with E-state index in [9.17, 15) is 9.59 Å². The van der Waals surface area contributed by atoms with Gasteiger partial charge in [-0.1, -0.05) is 18.2 Å². The first-order valence-corrected chi connectivity index (χ1v) is 11.9. The largest absolute Gasteiger partial charge is 0.490 e. The van der Waals surface area contributed by atoms with Crippen molar-refractivity contribution in [2.75, 3.05) is 33.5 Å². The van der Waals surface area contributed by atoms with Crippen LogP contribution in [0.5, 0.6) is 5.75 Å². The topological polar surface area (TPSA) is 80.3 Å². The Bertz CT molecular complexity index is 739. The lowest BCUT2D eigenvalue weighted by Gasteiger charge is -2.33. The summed E-state index contributed by atoms with van der Waals surface area (Å²) in [5.41, 5.74) is 0.528. The minimum atomic E-state index is -0.806. The van der Waals surface area contributed by atoms with Crippen LogP contribution in [0.4, 0.5) is 0 Å². The van der Waals surface area contributed by atoms with Gasteiger partial charge in [0, 0.05) is 13.7 Å². The van der Waals surface area contributed by atoms with Gasteiger partial charge in [-0.3, -0.25) is 0 Å². The molecule has 0 spiro atoms. The number of ether oxygens (including phenoxy) is 4. The van der Waals surface area contributed by atoms with Crippen LogP contribution in [-0.4, -0.2) is 60.5 Å². The Labute approximate surface area is 186 Å². The van der Waals surface area contributed by atoms with Crippen LogP contribution in [-0.2, 0) is 28.2 Å². The molecule has 0 aromatic heterocycles. The van der Waals surface area contributed by atoms with Crippen LogP contribution in [0, 0.1) is 0 Å². The van der Waals surface area contributed by atoms with Crippen LogP contribution < -0.4 is 4.74 Å². The molecule has 1 atom stereocenters. The SMILES string of the molecule is CCOC(=O)C(=Cc1ccc(OCC=CC2([SiH2]OC)CCCCO2)cc1)C(=O)OCC. The Kier molecular flexibility index (Phi) is 10.5. The van der Waals surface area contributed by atoms with E-state index in [1.165, 1.54) is 6.08 Å². The molecular weight excluding hydrogens is 416 g/mol. The maximum atomic E-state index is 12.1. The molecule has 1 aliphatic rings. The van der Waals surface area contributed by atoms with Crippen molar-refractivity contribution in [2.45, 2.75) is 38.3 Å². The van der Waals surface area contributed by atoms with Gasteiger partial charge < -0.3 is 23.4 Å². The number of carbonyl (C=O) groups excluding carboxylic acids is 2. The minimum Gasteiger partial charge on any atom is -0.490 e. The van der Waals surface area contributed by atoms with E-state index < -0.39 is 21.7 Å². The molecule has 0 saturated carbocycles. The van der Waals surface area contributed by atoms with E-state index in [1.807, 2.05) is 6.08 Å². The van der Waals surface area contributed by atoms with Crippen molar-refractivity contribution in [3.05, 3.63) is 47.6 Å². The second-order valence-corrected chi connectivity index (χ2v) is 9.15. The highest BCUT2D eigenvalue weighted by atomic mass is 28.2. The normalized spacial score (nSPS) is 18.8. The van der Waals surface area contributed by atoms with Crippen LogP contribution in [0.3, 0.4) is 0 Å². The fourth-order valence-electron chi connectivity index (χ4n) is 3.26. The molecule has 1 aliphatic heterocycles. The van der Waals surface area contributed by atoms with E-state index in [0.29, 0.717) is 17.9 Å². The molecule has 7 nitrogen and oxygen atoms in total. The van der Waals surface area contributed by atoms with Gasteiger partial charge in [0.05, 0.1) is 18.4 Å². The molecule has 1 fully saturated rings. The van der Waals surface area contributed by atoms with Crippen molar-refractivity contribution in [1.82, 2.24) is 0 Å². The molecule has 31 heavy (non-hydrogen) atoms. The molecular formula is C23H32O7Si. The van der Waals surface area contributed by atoms with Crippen LogP contribution >= 0.6 is 0 Å². The summed E-state index contributed by atoms with van der Waals surface area (Å²) in [4.78, 5) is 24.1. The number of rotatable bonds is 11. The molecule has 1 aromatic rings. The fourth-order valence-corrected chi connectivity index (χ4v) is 4.64. The van der Waals surface area contributed by atoms with Crippen molar-refractivity contribution in [3.8, 4) is 5.75 Å². The Morgan fingerprint density at radius 3 is 2.32 bits per heavy atom. The van der Waals surface area contributed by atoms with Gasteiger partial charge in [-0.15, -0.1) is 0 Å². The summed E-state index contributed by atoms with van der Waals surface area (Å²) in [6.07, 6.45) is 8.76. The summed E-state index contributed by atoms with van der Waals surface area (Å²) in [6.45, 7) is 4.90. The fraction of sp³-hybridized carbons (Fsp3) is 0.478. The number of hydrogen-bond donors (Lipinski definition) is 0. The highest BCUT2D eigenvalue weighted by Crippen LogP contribution is 2.25.